The lowest BCUT2D eigenvalue weighted by Gasteiger charge is -1.85. The fourth-order valence-corrected chi connectivity index (χ4v) is 0.341. The predicted octanol–water partition coefficient (Wildman–Crippen LogP) is 0.972. The van der Waals surface area contributed by atoms with Gasteiger partial charge in [0.25, 0.3) is 0 Å². The normalized spacial score (nSPS) is 15.7. The number of rotatable bonds is 0. The molecule has 1 aliphatic heterocycles. The first-order valence-electron chi connectivity index (χ1n) is 1.77. The van der Waals surface area contributed by atoms with Crippen LogP contribution in [-0.4, -0.2) is 12.5 Å². The highest BCUT2D eigenvalue weighted by molar-refractivity contribution is 5.86. The monoisotopic (exact) mass is 119 g/mol. The Morgan fingerprint density at radius 3 is 2.57 bits per heavy atom. The second-order valence-electron chi connectivity index (χ2n) is 1.08. The molecule has 1 N–H and O–H groups in total. The number of hydrogen-bond donors (Lipinski definition) is 1. The zero-order chi connectivity index (χ0) is 4.41. The maximum atomic E-state index is 6.74. The molecule has 0 saturated carbocycles. The van der Waals surface area contributed by atoms with Crippen molar-refractivity contribution < 1.29 is 4.74 Å². The molecule has 0 fully saturated rings. The van der Waals surface area contributed by atoms with Gasteiger partial charge in [-0.05, 0) is 12.2 Å². The molecule has 3 heteroatoms. The third kappa shape index (κ3) is 1.59. The smallest absolute Gasteiger partial charge is 0.205 e. The van der Waals surface area contributed by atoms with E-state index in [-0.39, 0.29) is 18.3 Å². The highest BCUT2D eigenvalue weighted by Crippen LogP contribution is 1.90. The second-order valence-corrected chi connectivity index (χ2v) is 1.08. The Balaban J connectivity index is 0.000000360. The van der Waals surface area contributed by atoms with Gasteiger partial charge in [0.15, 0.2) is 0 Å². The van der Waals surface area contributed by atoms with Gasteiger partial charge in [-0.3, -0.25) is 5.41 Å². The van der Waals surface area contributed by atoms with Crippen LogP contribution in [0.15, 0.2) is 12.2 Å². The predicted molar refractivity (Wildman–Crippen MR) is 30.1 cm³/mol. The zero-order valence-electron chi connectivity index (χ0n) is 3.68. The molecule has 1 aliphatic rings. The molecule has 0 aliphatic carbocycles. The molecule has 0 radical (unpaired) electrons. The fraction of sp³-hybridized carbons (Fsp3) is 0.250. The lowest BCUT2D eigenvalue weighted by molar-refractivity contribution is 0.364. The van der Waals surface area contributed by atoms with E-state index in [0.717, 1.165) is 0 Å². The third-order valence-corrected chi connectivity index (χ3v) is 0.604. The van der Waals surface area contributed by atoms with Crippen molar-refractivity contribution in [3.63, 3.8) is 0 Å². The maximum absolute atomic E-state index is 6.74. The average Bonchev–Trinajstić information content (AvgIpc) is 1.86. The van der Waals surface area contributed by atoms with Crippen LogP contribution in [0.1, 0.15) is 0 Å². The molecule has 1 rings (SSSR count). The summed E-state index contributed by atoms with van der Waals surface area (Å²) >= 11 is 0. The first-order valence-corrected chi connectivity index (χ1v) is 1.77. The van der Waals surface area contributed by atoms with E-state index in [9.17, 15) is 0 Å². The van der Waals surface area contributed by atoms with Crippen molar-refractivity contribution >= 4 is 18.3 Å². The highest BCUT2D eigenvalue weighted by atomic mass is 35.5. The molecule has 7 heavy (non-hydrogen) atoms. The molecule has 0 unspecified atom stereocenters. The van der Waals surface area contributed by atoms with Gasteiger partial charge in [0.05, 0.1) is 0 Å². The summed E-state index contributed by atoms with van der Waals surface area (Å²) in [6.45, 7) is 0.582. The van der Waals surface area contributed by atoms with Crippen LogP contribution in [0.3, 0.4) is 0 Å². The van der Waals surface area contributed by atoms with Crippen molar-refractivity contribution in [2.75, 3.05) is 6.61 Å². The molecular formula is C4H6ClNO. The van der Waals surface area contributed by atoms with E-state index in [0.29, 0.717) is 6.61 Å². The van der Waals surface area contributed by atoms with E-state index in [2.05, 4.69) is 4.74 Å². The second kappa shape index (κ2) is 2.64. The summed E-state index contributed by atoms with van der Waals surface area (Å²) in [5, 5.41) is 6.74. The van der Waals surface area contributed by atoms with Crippen molar-refractivity contribution in [1.29, 1.82) is 5.41 Å². The molecule has 1 heterocycles. The van der Waals surface area contributed by atoms with Gasteiger partial charge in [-0.1, -0.05) is 0 Å². The van der Waals surface area contributed by atoms with E-state index < -0.39 is 0 Å². The van der Waals surface area contributed by atoms with Gasteiger partial charge in [-0.25, -0.2) is 0 Å². The molecule has 0 aromatic heterocycles. The third-order valence-electron chi connectivity index (χ3n) is 0.604. The van der Waals surface area contributed by atoms with Crippen molar-refractivity contribution in [3.8, 4) is 0 Å². The number of nitrogens with one attached hydrogen (secondary N) is 1. The van der Waals surface area contributed by atoms with Crippen molar-refractivity contribution in [1.82, 2.24) is 0 Å². The first-order chi connectivity index (χ1) is 2.89. The number of halogens is 1. The maximum Gasteiger partial charge on any atom is 0.205 e. The van der Waals surface area contributed by atoms with Gasteiger partial charge in [-0.2, -0.15) is 0 Å². The van der Waals surface area contributed by atoms with Crippen LogP contribution in [0.2, 0.25) is 0 Å². The van der Waals surface area contributed by atoms with E-state index in [1.54, 1.807) is 6.08 Å². The zero-order valence-corrected chi connectivity index (χ0v) is 4.49. The van der Waals surface area contributed by atoms with Crippen LogP contribution in [0.5, 0.6) is 0 Å². The van der Waals surface area contributed by atoms with Gasteiger partial charge in [0, 0.05) is 0 Å². The Kier molecular flexibility index (Phi) is 2.45. The molecule has 0 aromatic rings. The molecular weight excluding hydrogens is 114 g/mol. The summed E-state index contributed by atoms with van der Waals surface area (Å²) in [5.41, 5.74) is 0. The lowest BCUT2D eigenvalue weighted by atomic mass is 10.6. The van der Waals surface area contributed by atoms with Crippen LogP contribution in [0, 0.1) is 5.41 Å². The molecule has 0 spiro atoms. The highest BCUT2D eigenvalue weighted by Gasteiger charge is 1.93. The molecule has 40 valence electrons. The van der Waals surface area contributed by atoms with Crippen molar-refractivity contribution in [2.45, 2.75) is 0 Å². The summed E-state index contributed by atoms with van der Waals surface area (Å²) in [6, 6.07) is 0. The van der Waals surface area contributed by atoms with Crippen LogP contribution in [0.25, 0.3) is 0 Å². The van der Waals surface area contributed by atoms with Crippen LogP contribution in [-0.2, 0) is 4.74 Å². The first kappa shape index (κ1) is 6.50. The van der Waals surface area contributed by atoms with Crippen molar-refractivity contribution in [3.05, 3.63) is 12.2 Å². The molecule has 2 nitrogen and oxygen atoms in total. The number of ether oxygens (including phenoxy) is 1. The summed E-state index contributed by atoms with van der Waals surface area (Å²) < 4.78 is 4.62. The van der Waals surface area contributed by atoms with E-state index in [4.69, 9.17) is 5.41 Å². The lowest BCUT2D eigenvalue weighted by Crippen LogP contribution is -1.88. The molecule has 0 saturated heterocycles. The summed E-state index contributed by atoms with van der Waals surface area (Å²) in [4.78, 5) is 0. The summed E-state index contributed by atoms with van der Waals surface area (Å²) in [6.07, 6.45) is 3.45. The molecule has 0 aromatic carbocycles. The van der Waals surface area contributed by atoms with E-state index in [1.165, 1.54) is 0 Å². The van der Waals surface area contributed by atoms with E-state index >= 15 is 0 Å². The minimum Gasteiger partial charge on any atom is -0.474 e. The Morgan fingerprint density at radius 1 is 1.71 bits per heavy atom. The quantitative estimate of drug-likeness (QED) is 0.507. The molecule has 0 bridgehead atoms. The largest absolute Gasteiger partial charge is 0.474 e. The van der Waals surface area contributed by atoms with Gasteiger partial charge in [0.2, 0.25) is 5.90 Å². The van der Waals surface area contributed by atoms with Crippen LogP contribution in [0.4, 0.5) is 0 Å². The van der Waals surface area contributed by atoms with Crippen LogP contribution < -0.4 is 0 Å². The number of hydrogen-bond acceptors (Lipinski definition) is 2. The Bertz CT molecular complexity index is 99.9. The summed E-state index contributed by atoms with van der Waals surface area (Å²) in [7, 11) is 0. The Morgan fingerprint density at radius 2 is 2.43 bits per heavy atom. The van der Waals surface area contributed by atoms with Gasteiger partial charge < -0.3 is 4.74 Å². The average molecular weight is 120 g/mol. The molecule has 0 amide bonds. The SMILES string of the molecule is Cl.N=C1C=CCO1. The molecule has 0 atom stereocenters. The minimum absolute atomic E-state index is 0. The Labute approximate surface area is 48.1 Å². The van der Waals surface area contributed by atoms with Gasteiger partial charge >= 0.3 is 0 Å². The topological polar surface area (TPSA) is 33.1 Å². The van der Waals surface area contributed by atoms with E-state index in [1.807, 2.05) is 6.08 Å². The van der Waals surface area contributed by atoms with Gasteiger partial charge in [0.1, 0.15) is 6.61 Å². The van der Waals surface area contributed by atoms with Crippen molar-refractivity contribution in [2.24, 2.45) is 0 Å². The standard InChI is InChI=1S/C4H5NO.ClH/c5-4-2-1-3-6-4;/h1-2,5H,3H2;1H. The van der Waals surface area contributed by atoms with Gasteiger partial charge in [-0.15, -0.1) is 12.4 Å². The summed E-state index contributed by atoms with van der Waals surface area (Å²) in [5.74, 6) is 0.273. The van der Waals surface area contributed by atoms with Crippen LogP contribution >= 0.6 is 12.4 Å². The fourth-order valence-electron chi connectivity index (χ4n) is 0.341. The minimum atomic E-state index is 0. The Hall–Kier alpha value is -0.500.